The standard InChI is InChI=1S/C15H17NO2/c1-10-8-9-12-6-4-5-7-13(12)14(10)16-11(2)15(17)18-3/h4-9,11,16H,1-3H3. The number of hydrogen-bond donors (Lipinski definition) is 1. The van der Waals surface area contributed by atoms with Crippen molar-refractivity contribution in [2.24, 2.45) is 0 Å². The molecule has 2 rings (SSSR count). The number of ether oxygens (including phenoxy) is 1. The molecule has 0 fully saturated rings. The van der Waals surface area contributed by atoms with Crippen LogP contribution in [0.1, 0.15) is 12.5 Å². The second kappa shape index (κ2) is 5.08. The Morgan fingerprint density at radius 3 is 2.67 bits per heavy atom. The third-order valence-corrected chi connectivity index (χ3v) is 3.05. The van der Waals surface area contributed by atoms with Crippen LogP contribution in [0.4, 0.5) is 5.69 Å². The zero-order valence-electron chi connectivity index (χ0n) is 10.9. The fraction of sp³-hybridized carbons (Fsp3) is 0.267. The molecule has 0 radical (unpaired) electrons. The lowest BCUT2D eigenvalue weighted by Gasteiger charge is -2.17. The second-order valence-corrected chi connectivity index (χ2v) is 4.37. The molecule has 2 aromatic carbocycles. The highest BCUT2D eigenvalue weighted by Gasteiger charge is 2.14. The molecule has 3 nitrogen and oxygen atoms in total. The van der Waals surface area contributed by atoms with E-state index in [-0.39, 0.29) is 12.0 Å². The van der Waals surface area contributed by atoms with Crippen molar-refractivity contribution in [1.82, 2.24) is 0 Å². The molecule has 1 unspecified atom stereocenters. The summed E-state index contributed by atoms with van der Waals surface area (Å²) in [7, 11) is 1.40. The summed E-state index contributed by atoms with van der Waals surface area (Å²) in [4.78, 5) is 11.5. The molecule has 0 saturated carbocycles. The smallest absolute Gasteiger partial charge is 0.327 e. The van der Waals surface area contributed by atoms with Crippen LogP contribution in [0.5, 0.6) is 0 Å². The van der Waals surface area contributed by atoms with Crippen molar-refractivity contribution in [3.05, 3.63) is 42.0 Å². The molecule has 1 atom stereocenters. The number of carbonyl (C=O) groups is 1. The molecule has 0 heterocycles. The lowest BCUT2D eigenvalue weighted by Crippen LogP contribution is -2.27. The fourth-order valence-electron chi connectivity index (χ4n) is 2.02. The van der Waals surface area contributed by atoms with Crippen LogP contribution in [0.3, 0.4) is 0 Å². The molecule has 1 N–H and O–H groups in total. The Balaban J connectivity index is 2.43. The molecule has 0 spiro atoms. The number of methoxy groups -OCH3 is 1. The number of carbonyl (C=O) groups excluding carboxylic acids is 1. The first kappa shape index (κ1) is 12.4. The van der Waals surface area contributed by atoms with Crippen molar-refractivity contribution in [1.29, 1.82) is 0 Å². The van der Waals surface area contributed by atoms with Crippen LogP contribution in [0.15, 0.2) is 36.4 Å². The predicted octanol–water partition coefficient (Wildman–Crippen LogP) is 3.12. The SMILES string of the molecule is COC(=O)C(C)Nc1c(C)ccc2ccccc12. The van der Waals surface area contributed by atoms with Crippen LogP contribution in [0.25, 0.3) is 10.8 Å². The maximum Gasteiger partial charge on any atom is 0.327 e. The molecule has 94 valence electrons. The molecule has 0 saturated heterocycles. The van der Waals surface area contributed by atoms with Gasteiger partial charge in [-0.05, 0) is 24.8 Å². The zero-order chi connectivity index (χ0) is 13.1. The fourth-order valence-corrected chi connectivity index (χ4v) is 2.02. The van der Waals surface area contributed by atoms with Gasteiger partial charge in [-0.2, -0.15) is 0 Å². The van der Waals surface area contributed by atoms with Gasteiger partial charge in [0.2, 0.25) is 0 Å². The molecule has 2 aromatic rings. The van der Waals surface area contributed by atoms with Crippen LogP contribution in [0.2, 0.25) is 0 Å². The normalized spacial score (nSPS) is 12.2. The third kappa shape index (κ3) is 2.30. The summed E-state index contributed by atoms with van der Waals surface area (Å²) >= 11 is 0. The number of rotatable bonds is 3. The summed E-state index contributed by atoms with van der Waals surface area (Å²) in [5.41, 5.74) is 2.11. The van der Waals surface area contributed by atoms with Gasteiger partial charge in [-0.15, -0.1) is 0 Å². The molecular formula is C15H17NO2. The van der Waals surface area contributed by atoms with Gasteiger partial charge in [-0.25, -0.2) is 4.79 Å². The van der Waals surface area contributed by atoms with E-state index in [1.165, 1.54) is 7.11 Å². The van der Waals surface area contributed by atoms with Crippen LogP contribution in [-0.2, 0) is 9.53 Å². The number of hydrogen-bond acceptors (Lipinski definition) is 3. The summed E-state index contributed by atoms with van der Waals surface area (Å²) < 4.78 is 4.73. The van der Waals surface area contributed by atoms with Gasteiger partial charge in [-0.3, -0.25) is 0 Å². The lowest BCUT2D eigenvalue weighted by molar-refractivity contribution is -0.141. The van der Waals surface area contributed by atoms with E-state index in [1.807, 2.05) is 19.1 Å². The van der Waals surface area contributed by atoms with Crippen LogP contribution in [-0.4, -0.2) is 19.1 Å². The summed E-state index contributed by atoms with van der Waals surface area (Å²) in [5.74, 6) is -0.262. The Morgan fingerprint density at radius 2 is 1.94 bits per heavy atom. The maximum absolute atomic E-state index is 11.5. The predicted molar refractivity (Wildman–Crippen MR) is 73.8 cm³/mol. The zero-order valence-corrected chi connectivity index (χ0v) is 10.9. The van der Waals surface area contributed by atoms with E-state index in [0.717, 1.165) is 22.0 Å². The van der Waals surface area contributed by atoms with Gasteiger partial charge in [0, 0.05) is 11.1 Å². The molecule has 0 bridgehead atoms. The van der Waals surface area contributed by atoms with Crippen molar-refractivity contribution < 1.29 is 9.53 Å². The largest absolute Gasteiger partial charge is 0.467 e. The Hall–Kier alpha value is -2.03. The minimum atomic E-state index is -0.362. The van der Waals surface area contributed by atoms with E-state index < -0.39 is 0 Å². The van der Waals surface area contributed by atoms with Crippen molar-refractivity contribution in [3.8, 4) is 0 Å². The van der Waals surface area contributed by atoms with E-state index in [0.29, 0.717) is 0 Å². The molecular weight excluding hydrogens is 226 g/mol. The summed E-state index contributed by atoms with van der Waals surface area (Å²) in [6.07, 6.45) is 0. The Kier molecular flexibility index (Phi) is 3.51. The van der Waals surface area contributed by atoms with Gasteiger partial charge in [0.15, 0.2) is 0 Å². The average molecular weight is 243 g/mol. The monoisotopic (exact) mass is 243 g/mol. The number of nitrogens with one attached hydrogen (secondary N) is 1. The van der Waals surface area contributed by atoms with E-state index in [1.54, 1.807) is 6.92 Å². The number of anilines is 1. The minimum Gasteiger partial charge on any atom is -0.467 e. The van der Waals surface area contributed by atoms with Gasteiger partial charge in [0.25, 0.3) is 0 Å². The third-order valence-electron chi connectivity index (χ3n) is 3.05. The summed E-state index contributed by atoms with van der Waals surface area (Å²) in [6, 6.07) is 11.9. The summed E-state index contributed by atoms with van der Waals surface area (Å²) in [5, 5.41) is 5.50. The highest BCUT2D eigenvalue weighted by Crippen LogP contribution is 2.27. The van der Waals surface area contributed by atoms with Gasteiger partial charge in [-0.1, -0.05) is 36.4 Å². The topological polar surface area (TPSA) is 38.3 Å². The van der Waals surface area contributed by atoms with E-state index in [2.05, 4.69) is 29.6 Å². The first-order valence-electron chi connectivity index (χ1n) is 5.96. The number of esters is 1. The number of benzene rings is 2. The maximum atomic E-state index is 11.5. The molecule has 0 aliphatic heterocycles. The van der Waals surface area contributed by atoms with E-state index in [4.69, 9.17) is 4.74 Å². The minimum absolute atomic E-state index is 0.262. The van der Waals surface area contributed by atoms with E-state index >= 15 is 0 Å². The molecule has 0 aliphatic carbocycles. The van der Waals surface area contributed by atoms with Crippen molar-refractivity contribution in [2.45, 2.75) is 19.9 Å². The first-order chi connectivity index (χ1) is 8.63. The number of aryl methyl sites for hydroxylation is 1. The highest BCUT2D eigenvalue weighted by molar-refractivity contribution is 5.96. The quantitative estimate of drug-likeness (QED) is 0.842. The molecule has 0 aliphatic rings. The van der Waals surface area contributed by atoms with Crippen molar-refractivity contribution in [3.63, 3.8) is 0 Å². The van der Waals surface area contributed by atoms with Gasteiger partial charge >= 0.3 is 5.97 Å². The van der Waals surface area contributed by atoms with Crippen molar-refractivity contribution >= 4 is 22.4 Å². The first-order valence-corrected chi connectivity index (χ1v) is 5.96. The van der Waals surface area contributed by atoms with E-state index in [9.17, 15) is 4.79 Å². The van der Waals surface area contributed by atoms with Crippen LogP contribution >= 0.6 is 0 Å². The lowest BCUT2D eigenvalue weighted by atomic mass is 10.0. The molecule has 18 heavy (non-hydrogen) atoms. The second-order valence-electron chi connectivity index (χ2n) is 4.37. The van der Waals surface area contributed by atoms with Crippen LogP contribution in [0, 0.1) is 6.92 Å². The van der Waals surface area contributed by atoms with Gasteiger partial charge < -0.3 is 10.1 Å². The average Bonchev–Trinajstić information content (AvgIpc) is 2.41. The molecule has 3 heteroatoms. The number of fused-ring (bicyclic) bond motifs is 1. The Labute approximate surface area is 107 Å². The summed E-state index contributed by atoms with van der Waals surface area (Å²) in [6.45, 7) is 3.83. The Bertz CT molecular complexity index is 578. The van der Waals surface area contributed by atoms with Gasteiger partial charge in [0.1, 0.15) is 6.04 Å². The molecule has 0 amide bonds. The van der Waals surface area contributed by atoms with Gasteiger partial charge in [0.05, 0.1) is 7.11 Å². The van der Waals surface area contributed by atoms with Crippen LogP contribution < -0.4 is 5.32 Å². The van der Waals surface area contributed by atoms with Crippen molar-refractivity contribution in [2.75, 3.05) is 12.4 Å². The molecule has 0 aromatic heterocycles. The Morgan fingerprint density at radius 1 is 1.22 bits per heavy atom. The highest BCUT2D eigenvalue weighted by atomic mass is 16.5.